The highest BCUT2D eigenvalue weighted by molar-refractivity contribution is 5.72. The Morgan fingerprint density at radius 2 is 1.80 bits per heavy atom. The molecular formula is C17H23FO2. The zero-order valence-electron chi connectivity index (χ0n) is 12.3. The minimum Gasteiger partial charge on any atom is -0.461 e. The first-order valence-electron chi connectivity index (χ1n) is 7.36. The molecule has 0 unspecified atom stereocenters. The van der Waals surface area contributed by atoms with E-state index in [0.29, 0.717) is 6.61 Å². The van der Waals surface area contributed by atoms with E-state index in [1.54, 1.807) is 13.8 Å². The minimum absolute atomic E-state index is 0.0580. The largest absolute Gasteiger partial charge is 0.461 e. The second kappa shape index (κ2) is 6.38. The van der Waals surface area contributed by atoms with Gasteiger partial charge in [-0.15, -0.1) is 0 Å². The van der Waals surface area contributed by atoms with E-state index in [0.717, 1.165) is 31.2 Å². The van der Waals surface area contributed by atoms with Crippen LogP contribution in [0.1, 0.15) is 45.1 Å². The first-order chi connectivity index (χ1) is 9.47. The molecule has 1 aliphatic carbocycles. The molecule has 1 aromatic rings. The molecule has 0 atom stereocenters. The summed E-state index contributed by atoms with van der Waals surface area (Å²) in [6.07, 6.45) is 3.03. The number of hydrogen-bond acceptors (Lipinski definition) is 2. The average molecular weight is 278 g/mol. The molecule has 0 heterocycles. The number of hydrogen-bond donors (Lipinski definition) is 0. The van der Waals surface area contributed by atoms with Crippen LogP contribution in [-0.2, 0) is 16.1 Å². The molecule has 0 spiro atoms. The van der Waals surface area contributed by atoms with Gasteiger partial charge in [0.2, 0.25) is 0 Å². The van der Waals surface area contributed by atoms with E-state index in [4.69, 9.17) is 4.74 Å². The predicted molar refractivity (Wildman–Crippen MR) is 76.9 cm³/mol. The SMILES string of the molecule is CC(C)(F)C1CCC(C(=O)OCc2ccccc2)CC1. The van der Waals surface area contributed by atoms with Crippen LogP contribution < -0.4 is 0 Å². The summed E-state index contributed by atoms with van der Waals surface area (Å²) in [5, 5.41) is 0. The molecule has 3 heteroatoms. The maximum absolute atomic E-state index is 13.9. The number of esters is 1. The van der Waals surface area contributed by atoms with Gasteiger partial charge in [-0.3, -0.25) is 4.79 Å². The zero-order chi connectivity index (χ0) is 14.6. The summed E-state index contributed by atoms with van der Waals surface area (Å²) >= 11 is 0. The Morgan fingerprint density at radius 3 is 2.35 bits per heavy atom. The van der Waals surface area contributed by atoms with Crippen molar-refractivity contribution in [2.75, 3.05) is 0 Å². The Morgan fingerprint density at radius 1 is 1.20 bits per heavy atom. The molecule has 0 saturated heterocycles. The molecule has 0 bridgehead atoms. The normalized spacial score (nSPS) is 23.4. The standard InChI is InChI=1S/C17H23FO2/c1-17(2,18)15-10-8-14(9-11-15)16(19)20-12-13-6-4-3-5-7-13/h3-7,14-15H,8-12H2,1-2H3. The van der Waals surface area contributed by atoms with Gasteiger partial charge in [-0.05, 0) is 51.0 Å². The summed E-state index contributed by atoms with van der Waals surface area (Å²) in [4.78, 5) is 12.0. The molecule has 1 fully saturated rings. The third kappa shape index (κ3) is 4.06. The van der Waals surface area contributed by atoms with Crippen LogP contribution in [0.3, 0.4) is 0 Å². The van der Waals surface area contributed by atoms with E-state index in [1.165, 1.54) is 0 Å². The molecule has 2 rings (SSSR count). The zero-order valence-corrected chi connectivity index (χ0v) is 12.3. The van der Waals surface area contributed by atoms with Gasteiger partial charge in [-0.1, -0.05) is 30.3 Å². The number of ether oxygens (including phenoxy) is 1. The fourth-order valence-electron chi connectivity index (χ4n) is 2.86. The summed E-state index contributed by atoms with van der Waals surface area (Å²) in [5.74, 6) is -0.123. The maximum Gasteiger partial charge on any atom is 0.309 e. The molecule has 2 nitrogen and oxygen atoms in total. The molecule has 1 saturated carbocycles. The number of rotatable bonds is 4. The van der Waals surface area contributed by atoms with E-state index in [2.05, 4.69) is 0 Å². The van der Waals surface area contributed by atoms with Crippen LogP contribution >= 0.6 is 0 Å². The van der Waals surface area contributed by atoms with Crippen molar-refractivity contribution in [3.05, 3.63) is 35.9 Å². The van der Waals surface area contributed by atoms with E-state index in [-0.39, 0.29) is 17.8 Å². The van der Waals surface area contributed by atoms with Gasteiger partial charge < -0.3 is 4.74 Å². The number of benzene rings is 1. The van der Waals surface area contributed by atoms with Crippen LogP contribution in [0.4, 0.5) is 4.39 Å². The van der Waals surface area contributed by atoms with Gasteiger partial charge in [0.05, 0.1) is 5.92 Å². The lowest BCUT2D eigenvalue weighted by molar-refractivity contribution is -0.151. The fraction of sp³-hybridized carbons (Fsp3) is 0.588. The summed E-state index contributed by atoms with van der Waals surface area (Å²) in [5.41, 5.74) is -0.140. The number of alkyl halides is 1. The van der Waals surface area contributed by atoms with Crippen molar-refractivity contribution in [3.8, 4) is 0 Å². The summed E-state index contributed by atoms with van der Waals surface area (Å²) < 4.78 is 19.2. The Bertz CT molecular complexity index is 428. The Balaban J connectivity index is 1.78. The number of halogens is 1. The average Bonchev–Trinajstić information content (AvgIpc) is 2.45. The third-order valence-electron chi connectivity index (χ3n) is 4.26. The first kappa shape index (κ1) is 15.0. The Hall–Kier alpha value is -1.38. The molecule has 0 N–H and O–H groups in total. The van der Waals surface area contributed by atoms with E-state index in [9.17, 15) is 9.18 Å². The van der Waals surface area contributed by atoms with Crippen molar-refractivity contribution in [1.82, 2.24) is 0 Å². The molecule has 0 aliphatic heterocycles. The van der Waals surface area contributed by atoms with Gasteiger partial charge >= 0.3 is 5.97 Å². The summed E-state index contributed by atoms with van der Waals surface area (Å²) in [6.45, 7) is 3.59. The van der Waals surface area contributed by atoms with Crippen LogP contribution in [0.25, 0.3) is 0 Å². The second-order valence-corrected chi connectivity index (χ2v) is 6.21. The maximum atomic E-state index is 13.9. The Kier molecular flexibility index (Phi) is 4.79. The van der Waals surface area contributed by atoms with Crippen molar-refractivity contribution < 1.29 is 13.9 Å². The molecule has 0 amide bonds. The third-order valence-corrected chi connectivity index (χ3v) is 4.26. The summed E-state index contributed by atoms with van der Waals surface area (Å²) in [6, 6.07) is 9.67. The molecular weight excluding hydrogens is 255 g/mol. The lowest BCUT2D eigenvalue weighted by atomic mass is 9.75. The van der Waals surface area contributed by atoms with Gasteiger partial charge in [0, 0.05) is 0 Å². The van der Waals surface area contributed by atoms with Gasteiger partial charge in [0.15, 0.2) is 0 Å². The smallest absolute Gasteiger partial charge is 0.309 e. The quantitative estimate of drug-likeness (QED) is 0.768. The van der Waals surface area contributed by atoms with E-state index in [1.807, 2.05) is 30.3 Å². The van der Waals surface area contributed by atoms with Gasteiger partial charge in [0.1, 0.15) is 12.3 Å². The van der Waals surface area contributed by atoms with Gasteiger partial charge in [-0.2, -0.15) is 0 Å². The predicted octanol–water partition coefficient (Wildman–Crippen LogP) is 4.28. The Labute approximate surface area is 120 Å². The minimum atomic E-state index is -1.14. The molecule has 0 radical (unpaired) electrons. The van der Waals surface area contributed by atoms with Crippen LogP contribution in [0.2, 0.25) is 0 Å². The summed E-state index contributed by atoms with van der Waals surface area (Å²) in [7, 11) is 0. The topological polar surface area (TPSA) is 26.3 Å². The van der Waals surface area contributed by atoms with E-state index >= 15 is 0 Å². The van der Waals surface area contributed by atoms with Crippen LogP contribution in [-0.4, -0.2) is 11.6 Å². The second-order valence-electron chi connectivity index (χ2n) is 6.21. The van der Waals surface area contributed by atoms with E-state index < -0.39 is 5.67 Å². The molecule has 0 aromatic heterocycles. The van der Waals surface area contributed by atoms with Crippen molar-refractivity contribution in [3.63, 3.8) is 0 Å². The van der Waals surface area contributed by atoms with Crippen LogP contribution in [0.15, 0.2) is 30.3 Å². The first-order valence-corrected chi connectivity index (χ1v) is 7.36. The number of carbonyl (C=O) groups is 1. The van der Waals surface area contributed by atoms with Gasteiger partial charge in [0.25, 0.3) is 0 Å². The highest BCUT2D eigenvalue weighted by Gasteiger charge is 2.35. The molecule has 110 valence electrons. The lowest BCUT2D eigenvalue weighted by Crippen LogP contribution is -2.32. The molecule has 20 heavy (non-hydrogen) atoms. The van der Waals surface area contributed by atoms with Crippen molar-refractivity contribution in [2.45, 2.75) is 51.8 Å². The fourth-order valence-corrected chi connectivity index (χ4v) is 2.86. The van der Waals surface area contributed by atoms with Crippen LogP contribution in [0.5, 0.6) is 0 Å². The monoisotopic (exact) mass is 278 g/mol. The van der Waals surface area contributed by atoms with Gasteiger partial charge in [-0.25, -0.2) is 4.39 Å². The van der Waals surface area contributed by atoms with Crippen LogP contribution in [0, 0.1) is 11.8 Å². The lowest BCUT2D eigenvalue weighted by Gasteiger charge is -2.33. The number of carbonyl (C=O) groups excluding carboxylic acids is 1. The molecule has 1 aliphatic rings. The highest BCUT2D eigenvalue weighted by Crippen LogP contribution is 2.37. The highest BCUT2D eigenvalue weighted by atomic mass is 19.1. The van der Waals surface area contributed by atoms with Crippen molar-refractivity contribution >= 4 is 5.97 Å². The van der Waals surface area contributed by atoms with Crippen molar-refractivity contribution in [1.29, 1.82) is 0 Å². The molecule has 1 aromatic carbocycles. The van der Waals surface area contributed by atoms with Crippen molar-refractivity contribution in [2.24, 2.45) is 11.8 Å².